The van der Waals surface area contributed by atoms with Crippen LogP contribution in [0.1, 0.15) is 34.3 Å². The van der Waals surface area contributed by atoms with Crippen LogP contribution in [0.5, 0.6) is 5.75 Å². The van der Waals surface area contributed by atoms with Crippen LogP contribution in [0.2, 0.25) is 0 Å². The molecule has 0 fully saturated rings. The predicted molar refractivity (Wildman–Crippen MR) is 141 cm³/mol. The Morgan fingerprint density at radius 2 is 1.86 bits per heavy atom. The predicted octanol–water partition coefficient (Wildman–Crippen LogP) is 4.40. The van der Waals surface area contributed by atoms with Gasteiger partial charge in [0.15, 0.2) is 5.82 Å². The molecule has 0 spiro atoms. The van der Waals surface area contributed by atoms with Crippen molar-refractivity contribution in [3.63, 3.8) is 0 Å². The summed E-state index contributed by atoms with van der Waals surface area (Å²) in [4.78, 5) is 19.4. The van der Waals surface area contributed by atoms with Crippen molar-refractivity contribution in [1.82, 2.24) is 30.1 Å². The van der Waals surface area contributed by atoms with E-state index in [1.165, 1.54) is 10.4 Å². The van der Waals surface area contributed by atoms with Crippen LogP contribution in [0.25, 0.3) is 10.9 Å². The number of rotatable bonds is 10. The van der Waals surface area contributed by atoms with Crippen molar-refractivity contribution >= 4 is 22.2 Å². The number of tetrazole rings is 1. The number of methoxy groups -OCH3 is 1. The second kappa shape index (κ2) is 10.8. The molecule has 36 heavy (non-hydrogen) atoms. The first-order valence-corrected chi connectivity index (χ1v) is 12.8. The van der Waals surface area contributed by atoms with Gasteiger partial charge < -0.3 is 9.72 Å². The lowest BCUT2D eigenvalue weighted by Gasteiger charge is -2.21. The van der Waals surface area contributed by atoms with Crippen molar-refractivity contribution in [2.45, 2.75) is 39.5 Å². The van der Waals surface area contributed by atoms with Crippen LogP contribution in [0.3, 0.4) is 0 Å². The van der Waals surface area contributed by atoms with Crippen LogP contribution in [0.15, 0.2) is 70.8 Å². The minimum Gasteiger partial charge on any atom is -0.497 e. The van der Waals surface area contributed by atoms with Gasteiger partial charge in [-0.05, 0) is 75.1 Å². The Kier molecular flexibility index (Phi) is 7.20. The molecule has 0 aliphatic heterocycles. The van der Waals surface area contributed by atoms with Gasteiger partial charge in [0.2, 0.25) is 0 Å². The fourth-order valence-corrected chi connectivity index (χ4v) is 4.98. The minimum atomic E-state index is -0.0687. The summed E-state index contributed by atoms with van der Waals surface area (Å²) in [6.07, 6.45) is 0.950. The maximum absolute atomic E-state index is 13.0. The number of ether oxygens (including phenoxy) is 1. The van der Waals surface area contributed by atoms with Crippen molar-refractivity contribution in [3.05, 3.63) is 104 Å². The molecule has 5 aromatic rings. The first kappa shape index (κ1) is 23.9. The molecule has 0 saturated carbocycles. The average molecular weight is 501 g/mol. The van der Waals surface area contributed by atoms with Crippen LogP contribution in [0.4, 0.5) is 0 Å². The molecular weight excluding hydrogens is 472 g/mol. The fourth-order valence-electron chi connectivity index (χ4n) is 4.23. The number of aromatic amines is 1. The van der Waals surface area contributed by atoms with E-state index in [1.807, 2.05) is 42.5 Å². The van der Waals surface area contributed by atoms with Crippen LogP contribution in [-0.2, 0) is 32.6 Å². The first-order valence-electron chi connectivity index (χ1n) is 11.9. The highest BCUT2D eigenvalue weighted by Crippen LogP contribution is 2.19. The molecule has 3 aromatic heterocycles. The number of hydrogen-bond acceptors (Lipinski definition) is 7. The van der Waals surface area contributed by atoms with Gasteiger partial charge in [-0.25, -0.2) is 4.68 Å². The summed E-state index contributed by atoms with van der Waals surface area (Å²) in [5, 5.41) is 15.6. The van der Waals surface area contributed by atoms with E-state index in [0.29, 0.717) is 26.2 Å². The number of fused-ring (bicyclic) bond motifs is 1. The van der Waals surface area contributed by atoms with Gasteiger partial charge in [-0.2, -0.15) is 0 Å². The summed E-state index contributed by atoms with van der Waals surface area (Å²) >= 11 is 1.70. The molecule has 9 heteroatoms. The van der Waals surface area contributed by atoms with Crippen molar-refractivity contribution < 1.29 is 4.74 Å². The normalized spacial score (nSPS) is 11.4. The number of H-pyrrole nitrogens is 1. The van der Waals surface area contributed by atoms with Crippen molar-refractivity contribution in [1.29, 1.82) is 0 Å². The SMILES string of the molecule is CCc1ccc2[nH]c(=O)c(CN(Cc3cccs3)Cc3nnnn3Cc3ccc(OC)cc3)cc2c1. The first-order chi connectivity index (χ1) is 17.6. The van der Waals surface area contributed by atoms with Gasteiger partial charge >= 0.3 is 0 Å². The van der Waals surface area contributed by atoms with E-state index >= 15 is 0 Å². The summed E-state index contributed by atoms with van der Waals surface area (Å²) < 4.78 is 7.06. The van der Waals surface area contributed by atoms with Gasteiger partial charge in [-0.15, -0.1) is 16.4 Å². The third-order valence-electron chi connectivity index (χ3n) is 6.21. The van der Waals surface area contributed by atoms with E-state index in [-0.39, 0.29) is 5.56 Å². The van der Waals surface area contributed by atoms with E-state index in [9.17, 15) is 4.79 Å². The third kappa shape index (κ3) is 5.53. The Morgan fingerprint density at radius 1 is 1.03 bits per heavy atom. The third-order valence-corrected chi connectivity index (χ3v) is 7.07. The van der Waals surface area contributed by atoms with Gasteiger partial charge in [0.1, 0.15) is 5.75 Å². The molecule has 0 amide bonds. The van der Waals surface area contributed by atoms with Gasteiger partial charge in [0.25, 0.3) is 5.56 Å². The van der Waals surface area contributed by atoms with Crippen LogP contribution in [0, 0.1) is 0 Å². The summed E-state index contributed by atoms with van der Waals surface area (Å²) in [7, 11) is 1.65. The smallest absolute Gasteiger partial charge is 0.252 e. The van der Waals surface area contributed by atoms with Gasteiger partial charge in [0, 0.05) is 29.0 Å². The summed E-state index contributed by atoms with van der Waals surface area (Å²) in [5.41, 5.74) is 3.83. The van der Waals surface area contributed by atoms with Crippen molar-refractivity contribution in [2.75, 3.05) is 7.11 Å². The van der Waals surface area contributed by atoms with E-state index in [0.717, 1.165) is 40.0 Å². The molecule has 3 heterocycles. The summed E-state index contributed by atoms with van der Waals surface area (Å²) in [6.45, 7) is 4.37. The molecule has 0 unspecified atom stereocenters. The van der Waals surface area contributed by atoms with Crippen LogP contribution in [-0.4, -0.2) is 37.2 Å². The molecule has 0 aliphatic carbocycles. The molecule has 0 atom stereocenters. The molecule has 2 aromatic carbocycles. The highest BCUT2D eigenvalue weighted by Gasteiger charge is 2.16. The second-order valence-electron chi connectivity index (χ2n) is 8.72. The average Bonchev–Trinajstić information content (AvgIpc) is 3.57. The Morgan fingerprint density at radius 3 is 2.61 bits per heavy atom. The lowest BCUT2D eigenvalue weighted by molar-refractivity contribution is 0.238. The Hall–Kier alpha value is -3.82. The molecule has 0 saturated heterocycles. The van der Waals surface area contributed by atoms with Crippen LogP contribution >= 0.6 is 11.3 Å². The quantitative estimate of drug-likeness (QED) is 0.306. The molecular formula is C27H28N6O2S. The van der Waals surface area contributed by atoms with E-state index in [2.05, 4.69) is 55.9 Å². The summed E-state index contributed by atoms with van der Waals surface area (Å²) in [5.74, 6) is 1.55. The monoisotopic (exact) mass is 500 g/mol. The number of nitrogens with one attached hydrogen (secondary N) is 1. The number of aromatic nitrogens is 5. The van der Waals surface area contributed by atoms with Crippen molar-refractivity contribution in [3.8, 4) is 5.75 Å². The highest BCUT2D eigenvalue weighted by molar-refractivity contribution is 7.09. The molecule has 0 aliphatic rings. The number of nitrogens with zero attached hydrogens (tertiary/aromatic N) is 5. The van der Waals surface area contributed by atoms with Gasteiger partial charge in [-0.3, -0.25) is 9.69 Å². The van der Waals surface area contributed by atoms with Crippen LogP contribution < -0.4 is 10.3 Å². The maximum Gasteiger partial charge on any atom is 0.252 e. The largest absolute Gasteiger partial charge is 0.497 e. The number of thiophene rings is 1. The van der Waals surface area contributed by atoms with Gasteiger partial charge in [-0.1, -0.05) is 31.2 Å². The Balaban J connectivity index is 1.41. The molecule has 184 valence electrons. The zero-order valence-corrected chi connectivity index (χ0v) is 21.2. The van der Waals surface area contributed by atoms with E-state index in [1.54, 1.807) is 23.1 Å². The molecule has 0 bridgehead atoms. The number of benzene rings is 2. The lowest BCUT2D eigenvalue weighted by Crippen LogP contribution is -2.27. The highest BCUT2D eigenvalue weighted by atomic mass is 32.1. The fraction of sp³-hybridized carbons (Fsp3) is 0.259. The number of pyridine rings is 1. The Bertz CT molecular complexity index is 1490. The minimum absolute atomic E-state index is 0.0687. The second-order valence-corrected chi connectivity index (χ2v) is 9.76. The molecule has 0 radical (unpaired) electrons. The lowest BCUT2D eigenvalue weighted by atomic mass is 10.1. The number of hydrogen-bond donors (Lipinski definition) is 1. The molecule has 8 nitrogen and oxygen atoms in total. The van der Waals surface area contributed by atoms with E-state index in [4.69, 9.17) is 4.74 Å². The topological polar surface area (TPSA) is 88.9 Å². The van der Waals surface area contributed by atoms with E-state index < -0.39 is 0 Å². The Labute approximate surface area is 213 Å². The van der Waals surface area contributed by atoms with Crippen molar-refractivity contribution in [2.24, 2.45) is 0 Å². The molecule has 1 N–H and O–H groups in total. The van der Waals surface area contributed by atoms with Gasteiger partial charge in [0.05, 0.1) is 20.2 Å². The molecule has 5 rings (SSSR count). The zero-order valence-electron chi connectivity index (χ0n) is 20.3. The number of aryl methyl sites for hydroxylation is 1. The maximum atomic E-state index is 13.0. The standard InChI is InChI=1S/C27H28N6O2S/c1-3-19-8-11-25-21(13-19)14-22(27(34)28-25)16-32(17-24-5-4-12-36-24)18-26-29-30-31-33(26)15-20-6-9-23(35-2)10-7-20/h4-14H,3,15-18H2,1-2H3,(H,28,34). The summed E-state index contributed by atoms with van der Waals surface area (Å²) in [6, 6.07) is 20.2. The zero-order chi connectivity index (χ0) is 24.9.